The molecule has 4 heteroatoms. The summed E-state index contributed by atoms with van der Waals surface area (Å²) < 4.78 is 29.1. The lowest BCUT2D eigenvalue weighted by molar-refractivity contribution is -0.0504. The van der Waals surface area contributed by atoms with Crippen LogP contribution in [0.15, 0.2) is 48.5 Å². The Hall–Kier alpha value is -1.94. The normalized spacial score (nSPS) is 10.9. The van der Waals surface area contributed by atoms with Gasteiger partial charge < -0.3 is 10.1 Å². The minimum atomic E-state index is -2.79. The highest BCUT2D eigenvalue weighted by molar-refractivity contribution is 5.33. The Morgan fingerprint density at radius 1 is 1.10 bits per heavy atom. The van der Waals surface area contributed by atoms with Crippen LogP contribution in [0.3, 0.4) is 0 Å². The zero-order valence-corrected chi connectivity index (χ0v) is 12.0. The number of alkyl halides is 2. The van der Waals surface area contributed by atoms with Gasteiger partial charge in [0.25, 0.3) is 0 Å². The Labute approximate surface area is 123 Å². The van der Waals surface area contributed by atoms with E-state index in [1.54, 1.807) is 18.2 Å². The highest BCUT2D eigenvalue weighted by Crippen LogP contribution is 2.19. The zero-order chi connectivity index (χ0) is 15.1. The van der Waals surface area contributed by atoms with Gasteiger partial charge in [-0.05, 0) is 31.5 Å². The molecule has 0 aromatic heterocycles. The second-order valence-corrected chi connectivity index (χ2v) is 4.90. The molecule has 0 unspecified atom stereocenters. The van der Waals surface area contributed by atoms with Crippen molar-refractivity contribution in [2.45, 2.75) is 26.5 Å². The van der Waals surface area contributed by atoms with Crippen molar-refractivity contribution in [3.8, 4) is 5.75 Å². The first-order valence-corrected chi connectivity index (χ1v) is 6.94. The van der Waals surface area contributed by atoms with Gasteiger partial charge in [-0.25, -0.2) is 0 Å². The number of nitrogens with one attached hydrogen (secondary N) is 1. The predicted octanol–water partition coefficient (Wildman–Crippen LogP) is 3.93. The lowest BCUT2D eigenvalue weighted by Gasteiger charge is -2.11. The Kier molecular flexibility index (Phi) is 5.69. The molecule has 2 aromatic carbocycles. The van der Waals surface area contributed by atoms with Gasteiger partial charge in [-0.15, -0.1) is 0 Å². The molecule has 0 fully saturated rings. The number of hydrogen-bond acceptors (Lipinski definition) is 2. The van der Waals surface area contributed by atoms with Crippen LogP contribution in [0, 0.1) is 6.92 Å². The standard InChI is InChI=1S/C17H19F2NO/c1-13-5-4-6-14(11-13)9-10-20-12-15-7-2-3-8-16(15)21-17(18)19/h2-8,11,17,20H,9-10,12H2,1H3. The molecule has 0 atom stereocenters. The average molecular weight is 291 g/mol. The molecule has 2 rings (SSSR count). The monoisotopic (exact) mass is 291 g/mol. The maximum absolute atomic E-state index is 12.3. The van der Waals surface area contributed by atoms with Crippen LogP contribution in [0.2, 0.25) is 0 Å². The van der Waals surface area contributed by atoms with E-state index < -0.39 is 6.61 Å². The number of benzene rings is 2. The van der Waals surface area contributed by atoms with Crippen LogP contribution in [0.25, 0.3) is 0 Å². The molecular formula is C17H19F2NO. The first-order chi connectivity index (χ1) is 10.1. The number of ether oxygens (including phenoxy) is 1. The molecule has 2 nitrogen and oxygen atoms in total. The van der Waals surface area contributed by atoms with E-state index in [0.717, 1.165) is 18.5 Å². The molecule has 0 bridgehead atoms. The number of aryl methyl sites for hydroxylation is 1. The van der Waals surface area contributed by atoms with Crippen LogP contribution < -0.4 is 10.1 Å². The fraction of sp³-hybridized carbons (Fsp3) is 0.294. The molecule has 0 heterocycles. The molecule has 0 amide bonds. The second kappa shape index (κ2) is 7.74. The van der Waals surface area contributed by atoms with Crippen molar-refractivity contribution >= 4 is 0 Å². The first kappa shape index (κ1) is 15.4. The molecule has 0 aliphatic carbocycles. The largest absolute Gasteiger partial charge is 0.434 e. The van der Waals surface area contributed by atoms with Crippen molar-refractivity contribution in [1.29, 1.82) is 0 Å². The van der Waals surface area contributed by atoms with Gasteiger partial charge in [-0.1, -0.05) is 48.0 Å². The summed E-state index contributed by atoms with van der Waals surface area (Å²) in [4.78, 5) is 0. The van der Waals surface area contributed by atoms with Gasteiger partial charge in [0.1, 0.15) is 5.75 Å². The van der Waals surface area contributed by atoms with Crippen LogP contribution in [-0.4, -0.2) is 13.2 Å². The fourth-order valence-electron chi connectivity index (χ4n) is 2.18. The summed E-state index contributed by atoms with van der Waals surface area (Å²) in [6.45, 7) is 0.564. The number of hydrogen-bond donors (Lipinski definition) is 1. The third-order valence-electron chi connectivity index (χ3n) is 3.18. The van der Waals surface area contributed by atoms with E-state index in [1.807, 2.05) is 12.1 Å². The van der Waals surface area contributed by atoms with Crippen molar-refractivity contribution < 1.29 is 13.5 Å². The van der Waals surface area contributed by atoms with Gasteiger partial charge in [0.2, 0.25) is 0 Å². The van der Waals surface area contributed by atoms with Gasteiger partial charge in [-0.2, -0.15) is 8.78 Å². The lowest BCUT2D eigenvalue weighted by Crippen LogP contribution is -2.17. The van der Waals surface area contributed by atoms with Gasteiger partial charge in [0.15, 0.2) is 0 Å². The van der Waals surface area contributed by atoms with Crippen LogP contribution in [-0.2, 0) is 13.0 Å². The molecule has 21 heavy (non-hydrogen) atoms. The number of para-hydroxylation sites is 1. The predicted molar refractivity (Wildman–Crippen MR) is 79.7 cm³/mol. The topological polar surface area (TPSA) is 21.3 Å². The molecule has 0 saturated carbocycles. The lowest BCUT2D eigenvalue weighted by atomic mass is 10.1. The summed E-state index contributed by atoms with van der Waals surface area (Å²) in [5, 5.41) is 3.26. The first-order valence-electron chi connectivity index (χ1n) is 6.94. The van der Waals surface area contributed by atoms with Gasteiger partial charge in [0.05, 0.1) is 0 Å². The highest BCUT2D eigenvalue weighted by atomic mass is 19.3. The van der Waals surface area contributed by atoms with Crippen molar-refractivity contribution in [3.05, 3.63) is 65.2 Å². The summed E-state index contributed by atoms with van der Waals surface area (Å²) in [5.74, 6) is 0.232. The fourth-order valence-corrected chi connectivity index (χ4v) is 2.18. The molecular weight excluding hydrogens is 272 g/mol. The van der Waals surface area contributed by atoms with Gasteiger partial charge in [0, 0.05) is 12.1 Å². The quantitative estimate of drug-likeness (QED) is 0.780. The molecule has 1 N–H and O–H groups in total. The zero-order valence-electron chi connectivity index (χ0n) is 12.0. The maximum Gasteiger partial charge on any atom is 0.387 e. The molecule has 0 saturated heterocycles. The Morgan fingerprint density at radius 2 is 1.90 bits per heavy atom. The summed E-state index contributed by atoms with van der Waals surface area (Å²) >= 11 is 0. The van der Waals surface area contributed by atoms with Crippen molar-refractivity contribution in [2.24, 2.45) is 0 Å². The average Bonchev–Trinajstić information content (AvgIpc) is 2.45. The third kappa shape index (κ3) is 5.16. The Morgan fingerprint density at radius 3 is 2.67 bits per heavy atom. The van der Waals surface area contributed by atoms with E-state index in [9.17, 15) is 8.78 Å². The Bertz CT molecular complexity index is 572. The molecule has 2 aromatic rings. The number of rotatable bonds is 7. The number of halogens is 2. The summed E-state index contributed by atoms with van der Waals surface area (Å²) in [7, 11) is 0. The van der Waals surface area contributed by atoms with Gasteiger partial charge in [-0.3, -0.25) is 0 Å². The van der Waals surface area contributed by atoms with E-state index >= 15 is 0 Å². The smallest absolute Gasteiger partial charge is 0.387 e. The SMILES string of the molecule is Cc1cccc(CCNCc2ccccc2OC(F)F)c1. The van der Waals surface area contributed by atoms with Crippen molar-refractivity contribution in [2.75, 3.05) is 6.54 Å². The third-order valence-corrected chi connectivity index (χ3v) is 3.18. The molecule has 0 aliphatic heterocycles. The van der Waals surface area contributed by atoms with Crippen LogP contribution in [0.4, 0.5) is 8.78 Å². The second-order valence-electron chi connectivity index (χ2n) is 4.90. The van der Waals surface area contributed by atoms with Crippen LogP contribution in [0.1, 0.15) is 16.7 Å². The maximum atomic E-state index is 12.3. The van der Waals surface area contributed by atoms with E-state index in [0.29, 0.717) is 6.54 Å². The molecule has 0 aliphatic rings. The Balaban J connectivity index is 1.83. The van der Waals surface area contributed by atoms with E-state index in [4.69, 9.17) is 0 Å². The molecule has 112 valence electrons. The van der Waals surface area contributed by atoms with E-state index in [2.05, 4.69) is 35.2 Å². The van der Waals surface area contributed by atoms with Crippen molar-refractivity contribution in [1.82, 2.24) is 5.32 Å². The van der Waals surface area contributed by atoms with Crippen LogP contribution >= 0.6 is 0 Å². The van der Waals surface area contributed by atoms with E-state index in [1.165, 1.54) is 11.1 Å². The summed E-state index contributed by atoms with van der Waals surface area (Å²) in [6.07, 6.45) is 0.902. The minimum absolute atomic E-state index is 0.232. The van der Waals surface area contributed by atoms with E-state index in [-0.39, 0.29) is 5.75 Å². The van der Waals surface area contributed by atoms with Gasteiger partial charge >= 0.3 is 6.61 Å². The minimum Gasteiger partial charge on any atom is -0.434 e. The summed E-state index contributed by atoms with van der Waals surface area (Å²) in [5.41, 5.74) is 3.24. The van der Waals surface area contributed by atoms with Crippen molar-refractivity contribution in [3.63, 3.8) is 0 Å². The molecule has 0 spiro atoms. The van der Waals surface area contributed by atoms with Crippen LogP contribution in [0.5, 0.6) is 5.75 Å². The molecule has 0 radical (unpaired) electrons. The summed E-state index contributed by atoms with van der Waals surface area (Å²) in [6, 6.07) is 15.2. The highest BCUT2D eigenvalue weighted by Gasteiger charge is 2.08.